The van der Waals surface area contributed by atoms with E-state index in [0.717, 1.165) is 5.06 Å². The normalized spacial score (nSPS) is 9.83. The Hall–Kier alpha value is -2.70. The minimum Gasteiger partial charge on any atom is -0.378 e. The maximum Gasteiger partial charge on any atom is 0.363 e. The van der Waals surface area contributed by atoms with Gasteiger partial charge in [-0.15, -0.1) is 0 Å². The molecule has 0 aliphatic carbocycles. The molecule has 1 rings (SSSR count). The van der Waals surface area contributed by atoms with Crippen LogP contribution in [0, 0.1) is 0 Å². The van der Waals surface area contributed by atoms with Crippen molar-refractivity contribution in [3.05, 3.63) is 29.8 Å². The van der Waals surface area contributed by atoms with Crippen LogP contribution in [0.3, 0.4) is 0 Å². The fourth-order valence-corrected chi connectivity index (χ4v) is 1.62. The van der Waals surface area contributed by atoms with Crippen LogP contribution in [0.25, 0.3) is 0 Å². The highest BCUT2D eigenvalue weighted by Gasteiger charge is 2.15. The van der Waals surface area contributed by atoms with Gasteiger partial charge >= 0.3 is 5.97 Å². The number of benzene rings is 1. The molecule has 0 fully saturated rings. The van der Waals surface area contributed by atoms with Crippen LogP contribution in [0.5, 0.6) is 0 Å². The molecule has 0 unspecified atom stereocenters. The van der Waals surface area contributed by atoms with E-state index >= 15 is 0 Å². The number of carbonyl (C=O) groups excluding carboxylic acids is 4. The Labute approximate surface area is 134 Å². The summed E-state index contributed by atoms with van der Waals surface area (Å²) in [6.07, 6.45) is 1.16. The number of hydrogen-bond acceptors (Lipinski definition) is 6. The first kappa shape index (κ1) is 18.3. The van der Waals surface area contributed by atoms with E-state index < -0.39 is 11.9 Å². The Balaban J connectivity index is 2.55. The van der Waals surface area contributed by atoms with Gasteiger partial charge in [0.05, 0.1) is 12.1 Å². The number of nitrogens with zero attached hydrogens (tertiary/aromatic N) is 1. The van der Waals surface area contributed by atoms with Gasteiger partial charge in [-0.1, -0.05) is 6.92 Å². The second-order valence-electron chi connectivity index (χ2n) is 4.80. The second-order valence-corrected chi connectivity index (χ2v) is 4.80. The van der Waals surface area contributed by atoms with Crippen LogP contribution in [0.15, 0.2) is 24.3 Å². The third-order valence-electron chi connectivity index (χ3n) is 3.05. The number of aldehydes is 1. The van der Waals surface area contributed by atoms with Gasteiger partial charge in [-0.05, 0) is 24.3 Å². The molecule has 23 heavy (non-hydrogen) atoms. The summed E-state index contributed by atoms with van der Waals surface area (Å²) in [5, 5.41) is 3.76. The molecule has 1 amide bonds. The van der Waals surface area contributed by atoms with Crippen LogP contribution in [-0.4, -0.2) is 42.6 Å². The fourth-order valence-electron chi connectivity index (χ4n) is 1.62. The lowest BCUT2D eigenvalue weighted by Gasteiger charge is -2.15. The van der Waals surface area contributed by atoms with E-state index in [4.69, 9.17) is 4.84 Å². The van der Waals surface area contributed by atoms with E-state index in [1.165, 1.54) is 19.2 Å². The molecule has 0 radical (unpaired) electrons. The number of hydrogen-bond donors (Lipinski definition) is 1. The lowest BCUT2D eigenvalue weighted by Crippen LogP contribution is -2.29. The summed E-state index contributed by atoms with van der Waals surface area (Å²) in [6, 6.07) is 6.36. The van der Waals surface area contributed by atoms with Crippen molar-refractivity contribution in [2.24, 2.45) is 0 Å². The molecule has 124 valence electrons. The summed E-state index contributed by atoms with van der Waals surface area (Å²) in [7, 11) is 1.32. The zero-order valence-electron chi connectivity index (χ0n) is 13.2. The molecule has 0 spiro atoms. The Bertz CT molecular complexity index is 568. The van der Waals surface area contributed by atoms with Crippen molar-refractivity contribution in [2.75, 3.05) is 18.9 Å². The van der Waals surface area contributed by atoms with Crippen LogP contribution in [0.2, 0.25) is 0 Å². The van der Waals surface area contributed by atoms with Gasteiger partial charge < -0.3 is 14.9 Å². The highest BCUT2D eigenvalue weighted by atomic mass is 16.7. The van der Waals surface area contributed by atoms with E-state index in [9.17, 15) is 19.2 Å². The van der Waals surface area contributed by atoms with E-state index in [-0.39, 0.29) is 30.7 Å². The minimum absolute atomic E-state index is 0.0123. The molecule has 0 aromatic heterocycles. The largest absolute Gasteiger partial charge is 0.378 e. The number of ketones is 1. The molecule has 1 aromatic rings. The molecule has 1 aromatic carbocycles. The summed E-state index contributed by atoms with van der Waals surface area (Å²) in [6.45, 7) is 2.02. The van der Waals surface area contributed by atoms with E-state index in [0.29, 0.717) is 18.4 Å². The highest BCUT2D eigenvalue weighted by Crippen LogP contribution is 2.11. The lowest BCUT2D eigenvalue weighted by atomic mass is 10.2. The van der Waals surface area contributed by atoms with E-state index in [1.54, 1.807) is 19.1 Å². The fraction of sp³-hybridized carbons (Fsp3) is 0.375. The molecule has 0 bridgehead atoms. The molecule has 7 nitrogen and oxygen atoms in total. The highest BCUT2D eigenvalue weighted by molar-refractivity contribution is 5.91. The van der Waals surface area contributed by atoms with Crippen molar-refractivity contribution in [3.63, 3.8) is 0 Å². The second kappa shape index (κ2) is 9.34. The average molecular weight is 320 g/mol. The number of carbonyl (C=O) groups is 4. The van der Waals surface area contributed by atoms with Crippen molar-refractivity contribution in [3.8, 4) is 0 Å². The third kappa shape index (κ3) is 6.29. The van der Waals surface area contributed by atoms with Gasteiger partial charge in [-0.3, -0.25) is 9.59 Å². The van der Waals surface area contributed by atoms with Gasteiger partial charge in [0.2, 0.25) is 0 Å². The first-order chi connectivity index (χ1) is 11.0. The molecule has 0 saturated heterocycles. The van der Waals surface area contributed by atoms with Gasteiger partial charge in [-0.2, -0.15) is 5.06 Å². The lowest BCUT2D eigenvalue weighted by molar-refractivity contribution is -0.161. The number of anilines is 1. The summed E-state index contributed by atoms with van der Waals surface area (Å²) < 4.78 is 0. The Morgan fingerprint density at radius 2 is 1.87 bits per heavy atom. The first-order valence-electron chi connectivity index (χ1n) is 7.26. The number of Topliss-reactive ketones (excluding diaryl/α,β-unsaturated/α-hetero) is 1. The van der Waals surface area contributed by atoms with Crippen molar-refractivity contribution >= 4 is 29.6 Å². The maximum atomic E-state index is 11.9. The van der Waals surface area contributed by atoms with Crippen molar-refractivity contribution in [2.45, 2.75) is 26.2 Å². The molecule has 0 saturated carbocycles. The quantitative estimate of drug-likeness (QED) is 0.577. The van der Waals surface area contributed by atoms with Crippen molar-refractivity contribution in [1.29, 1.82) is 0 Å². The van der Waals surface area contributed by atoms with Gasteiger partial charge in [0, 0.05) is 32.0 Å². The zero-order chi connectivity index (χ0) is 17.2. The number of amides is 1. The molecular formula is C16H20N2O5. The van der Waals surface area contributed by atoms with Crippen LogP contribution >= 0.6 is 0 Å². The van der Waals surface area contributed by atoms with Crippen LogP contribution in [0.4, 0.5) is 5.69 Å². The van der Waals surface area contributed by atoms with E-state index in [1.807, 2.05) is 0 Å². The maximum absolute atomic E-state index is 11.9. The Kier molecular flexibility index (Phi) is 7.45. The van der Waals surface area contributed by atoms with Gasteiger partial charge in [-0.25, -0.2) is 4.79 Å². The molecular weight excluding hydrogens is 300 g/mol. The molecule has 0 aliphatic heterocycles. The molecule has 0 aliphatic rings. The summed E-state index contributed by atoms with van der Waals surface area (Å²) in [5.74, 6) is -1.05. The van der Waals surface area contributed by atoms with Crippen LogP contribution < -0.4 is 5.32 Å². The molecule has 0 atom stereocenters. The predicted molar refractivity (Wildman–Crippen MR) is 83.7 cm³/mol. The van der Waals surface area contributed by atoms with Gasteiger partial charge in [0.1, 0.15) is 6.29 Å². The summed E-state index contributed by atoms with van der Waals surface area (Å²) in [4.78, 5) is 49.8. The Morgan fingerprint density at radius 1 is 1.22 bits per heavy atom. The zero-order valence-corrected chi connectivity index (χ0v) is 13.2. The average Bonchev–Trinajstić information content (AvgIpc) is 2.57. The SMILES string of the molecule is CCC(=O)CNc1ccc(C(=O)ON(C)C(=O)CCC=O)cc1. The van der Waals surface area contributed by atoms with Gasteiger partial charge in [0.25, 0.3) is 5.91 Å². The van der Waals surface area contributed by atoms with E-state index in [2.05, 4.69) is 5.32 Å². The minimum atomic E-state index is -0.678. The first-order valence-corrected chi connectivity index (χ1v) is 7.26. The summed E-state index contributed by atoms with van der Waals surface area (Å²) >= 11 is 0. The number of nitrogens with one attached hydrogen (secondary N) is 1. The van der Waals surface area contributed by atoms with Crippen molar-refractivity contribution < 1.29 is 24.0 Å². The molecule has 7 heteroatoms. The topological polar surface area (TPSA) is 92.8 Å². The Morgan fingerprint density at radius 3 is 2.43 bits per heavy atom. The standard InChI is InChI=1S/C16H20N2O5/c1-3-14(20)11-17-13-8-6-12(7-9-13)16(22)23-18(2)15(21)5-4-10-19/h6-10,17H,3-5,11H2,1-2H3. The summed E-state index contributed by atoms with van der Waals surface area (Å²) in [5.41, 5.74) is 0.978. The predicted octanol–water partition coefficient (Wildman–Crippen LogP) is 1.59. The third-order valence-corrected chi connectivity index (χ3v) is 3.05. The number of rotatable bonds is 8. The number of hydroxylamine groups is 2. The van der Waals surface area contributed by atoms with Gasteiger partial charge in [0.15, 0.2) is 5.78 Å². The van der Waals surface area contributed by atoms with Crippen LogP contribution in [-0.2, 0) is 19.2 Å². The molecule has 1 N–H and O–H groups in total. The molecule has 0 heterocycles. The monoisotopic (exact) mass is 320 g/mol. The van der Waals surface area contributed by atoms with Crippen molar-refractivity contribution in [1.82, 2.24) is 5.06 Å². The van der Waals surface area contributed by atoms with Crippen LogP contribution in [0.1, 0.15) is 36.5 Å². The smallest absolute Gasteiger partial charge is 0.363 e.